The predicted molar refractivity (Wildman–Crippen MR) is 89.1 cm³/mol. The number of nitrogens with one attached hydrogen (secondary N) is 1. The van der Waals surface area contributed by atoms with Crippen molar-refractivity contribution in [3.63, 3.8) is 0 Å². The maximum atomic E-state index is 13.5. The highest BCUT2D eigenvalue weighted by Crippen LogP contribution is 2.16. The summed E-state index contributed by atoms with van der Waals surface area (Å²) in [5.74, 6) is 0.205. The lowest BCUT2D eigenvalue weighted by Gasteiger charge is -2.16. The van der Waals surface area contributed by atoms with Gasteiger partial charge in [0.15, 0.2) is 0 Å². The zero-order chi connectivity index (χ0) is 16.8. The largest absolute Gasteiger partial charge is 0.491 e. The van der Waals surface area contributed by atoms with E-state index >= 15 is 0 Å². The van der Waals surface area contributed by atoms with Crippen LogP contribution in [0.25, 0.3) is 0 Å². The second-order valence-electron chi connectivity index (χ2n) is 5.79. The lowest BCUT2D eigenvalue weighted by atomic mass is 10.1. The van der Waals surface area contributed by atoms with Crippen molar-refractivity contribution < 1.29 is 13.9 Å². The van der Waals surface area contributed by atoms with Gasteiger partial charge in [0.05, 0.1) is 12.5 Å². The number of carbonyl (C=O) groups excluding carboxylic acids is 1. The lowest BCUT2D eigenvalue weighted by molar-refractivity contribution is -0.121. The predicted octanol–water partition coefficient (Wildman–Crippen LogP) is 3.57. The van der Waals surface area contributed by atoms with Gasteiger partial charge in [-0.1, -0.05) is 24.3 Å². The van der Waals surface area contributed by atoms with Crippen LogP contribution in [0, 0.1) is 19.7 Å². The van der Waals surface area contributed by atoms with Crippen LogP contribution in [0.15, 0.2) is 42.5 Å². The molecule has 0 fully saturated rings. The fraction of sp³-hybridized carbons (Fsp3) is 0.316. The first-order valence-corrected chi connectivity index (χ1v) is 7.68. The Balaban J connectivity index is 1.82. The third kappa shape index (κ3) is 5.09. The molecule has 0 saturated heterocycles. The van der Waals surface area contributed by atoms with E-state index in [0.717, 1.165) is 5.75 Å². The van der Waals surface area contributed by atoms with E-state index in [-0.39, 0.29) is 24.2 Å². The molecule has 4 heteroatoms. The van der Waals surface area contributed by atoms with E-state index in [1.54, 1.807) is 18.2 Å². The van der Waals surface area contributed by atoms with Crippen LogP contribution in [0.2, 0.25) is 0 Å². The summed E-state index contributed by atoms with van der Waals surface area (Å²) < 4.78 is 19.2. The highest BCUT2D eigenvalue weighted by atomic mass is 19.1. The average Bonchev–Trinajstić information content (AvgIpc) is 2.51. The molecule has 23 heavy (non-hydrogen) atoms. The number of hydrogen-bond acceptors (Lipinski definition) is 2. The van der Waals surface area contributed by atoms with Crippen molar-refractivity contribution in [2.75, 3.05) is 6.61 Å². The van der Waals surface area contributed by atoms with Gasteiger partial charge in [-0.3, -0.25) is 4.79 Å². The van der Waals surface area contributed by atoms with E-state index in [0.29, 0.717) is 12.2 Å². The Hall–Kier alpha value is -2.36. The van der Waals surface area contributed by atoms with E-state index in [1.165, 1.54) is 17.2 Å². The van der Waals surface area contributed by atoms with Gasteiger partial charge in [0, 0.05) is 0 Å². The number of rotatable bonds is 6. The molecule has 1 amide bonds. The minimum atomic E-state index is -0.360. The first-order chi connectivity index (χ1) is 11.0. The molecule has 0 spiro atoms. The highest BCUT2D eigenvalue weighted by molar-refractivity contribution is 5.78. The number of aryl methyl sites for hydroxylation is 2. The zero-order valence-electron chi connectivity index (χ0n) is 13.7. The Kier molecular flexibility index (Phi) is 5.74. The van der Waals surface area contributed by atoms with Crippen LogP contribution >= 0.6 is 0 Å². The summed E-state index contributed by atoms with van der Waals surface area (Å²) >= 11 is 0. The zero-order valence-corrected chi connectivity index (χ0v) is 13.7. The Labute approximate surface area is 136 Å². The Morgan fingerprint density at radius 1 is 1.17 bits per heavy atom. The van der Waals surface area contributed by atoms with Gasteiger partial charge in [-0.25, -0.2) is 4.39 Å². The summed E-state index contributed by atoms with van der Waals surface area (Å²) in [6.07, 6.45) is 0.0284. The van der Waals surface area contributed by atoms with Crippen molar-refractivity contribution in [3.05, 3.63) is 65.0 Å². The van der Waals surface area contributed by atoms with Crippen molar-refractivity contribution >= 4 is 5.91 Å². The molecule has 2 aromatic rings. The van der Waals surface area contributed by atoms with Crippen molar-refractivity contribution in [2.45, 2.75) is 33.2 Å². The number of ether oxygens (including phenoxy) is 1. The molecular weight excluding hydrogens is 293 g/mol. The summed E-state index contributed by atoms with van der Waals surface area (Å²) in [6.45, 7) is 6.30. The molecule has 0 aromatic heterocycles. The van der Waals surface area contributed by atoms with Crippen LogP contribution in [0.3, 0.4) is 0 Å². The lowest BCUT2D eigenvalue weighted by Crippen LogP contribution is -2.37. The number of amides is 1. The van der Waals surface area contributed by atoms with Crippen LogP contribution in [0.1, 0.15) is 23.6 Å². The smallest absolute Gasteiger partial charge is 0.224 e. The van der Waals surface area contributed by atoms with Gasteiger partial charge in [-0.15, -0.1) is 0 Å². The van der Waals surface area contributed by atoms with Crippen LogP contribution in [-0.4, -0.2) is 18.6 Å². The Morgan fingerprint density at radius 2 is 1.91 bits per heavy atom. The molecule has 122 valence electrons. The van der Waals surface area contributed by atoms with E-state index in [9.17, 15) is 9.18 Å². The second-order valence-corrected chi connectivity index (χ2v) is 5.79. The van der Waals surface area contributed by atoms with Gasteiger partial charge in [0.2, 0.25) is 5.91 Å². The molecule has 0 saturated carbocycles. The third-order valence-corrected chi connectivity index (χ3v) is 3.69. The minimum Gasteiger partial charge on any atom is -0.491 e. The minimum absolute atomic E-state index is 0.0284. The molecule has 0 heterocycles. The quantitative estimate of drug-likeness (QED) is 0.885. The number of halogens is 1. The highest BCUT2D eigenvalue weighted by Gasteiger charge is 2.11. The average molecular weight is 315 g/mol. The van der Waals surface area contributed by atoms with Gasteiger partial charge >= 0.3 is 0 Å². The first-order valence-electron chi connectivity index (χ1n) is 7.68. The normalized spacial score (nSPS) is 11.8. The van der Waals surface area contributed by atoms with Crippen LogP contribution < -0.4 is 10.1 Å². The Bertz CT molecular complexity index is 685. The van der Waals surface area contributed by atoms with Gasteiger partial charge in [0.1, 0.15) is 18.2 Å². The summed E-state index contributed by atoms with van der Waals surface area (Å²) in [5, 5.41) is 2.82. The maximum absolute atomic E-state index is 13.5. The van der Waals surface area contributed by atoms with Gasteiger partial charge < -0.3 is 10.1 Å². The molecule has 1 unspecified atom stereocenters. The summed E-state index contributed by atoms with van der Waals surface area (Å²) in [4.78, 5) is 12.0. The van der Waals surface area contributed by atoms with Crippen molar-refractivity contribution in [3.8, 4) is 5.75 Å². The Morgan fingerprint density at radius 3 is 2.61 bits per heavy atom. The molecule has 2 aromatic carbocycles. The molecule has 1 N–H and O–H groups in total. The molecule has 0 aliphatic heterocycles. The molecular formula is C19H22FNO2. The van der Waals surface area contributed by atoms with E-state index < -0.39 is 0 Å². The SMILES string of the molecule is Cc1ccc(OCC(C)NC(=O)Cc2ccccc2F)cc1C. The number of benzene rings is 2. The maximum Gasteiger partial charge on any atom is 0.224 e. The topological polar surface area (TPSA) is 38.3 Å². The summed E-state index contributed by atoms with van der Waals surface area (Å²) in [5.41, 5.74) is 2.77. The van der Waals surface area contributed by atoms with Crippen LogP contribution in [0.4, 0.5) is 4.39 Å². The molecule has 0 bridgehead atoms. The monoisotopic (exact) mass is 315 g/mol. The molecule has 3 nitrogen and oxygen atoms in total. The number of hydrogen-bond donors (Lipinski definition) is 1. The summed E-state index contributed by atoms with van der Waals surface area (Å²) in [7, 11) is 0. The van der Waals surface area contributed by atoms with Crippen LogP contribution in [-0.2, 0) is 11.2 Å². The second kappa shape index (κ2) is 7.77. The standard InChI is InChI=1S/C19H22FNO2/c1-13-8-9-17(10-14(13)2)23-12-15(3)21-19(22)11-16-6-4-5-7-18(16)20/h4-10,15H,11-12H2,1-3H3,(H,21,22). The van der Waals surface area contributed by atoms with E-state index in [4.69, 9.17) is 4.74 Å². The first kappa shape index (κ1) is 17.0. The fourth-order valence-electron chi connectivity index (χ4n) is 2.21. The molecule has 0 aliphatic carbocycles. The molecule has 1 atom stereocenters. The van der Waals surface area contributed by atoms with E-state index in [2.05, 4.69) is 5.32 Å². The van der Waals surface area contributed by atoms with Gasteiger partial charge in [-0.2, -0.15) is 0 Å². The fourth-order valence-corrected chi connectivity index (χ4v) is 2.21. The van der Waals surface area contributed by atoms with Crippen molar-refractivity contribution in [1.82, 2.24) is 5.32 Å². The van der Waals surface area contributed by atoms with E-state index in [1.807, 2.05) is 39.0 Å². The third-order valence-electron chi connectivity index (χ3n) is 3.69. The van der Waals surface area contributed by atoms with Crippen LogP contribution in [0.5, 0.6) is 5.75 Å². The summed E-state index contributed by atoms with van der Waals surface area (Å²) in [6, 6.07) is 12.0. The van der Waals surface area contributed by atoms with Gasteiger partial charge in [-0.05, 0) is 55.7 Å². The van der Waals surface area contributed by atoms with Crippen molar-refractivity contribution in [2.24, 2.45) is 0 Å². The molecule has 0 radical (unpaired) electrons. The molecule has 2 rings (SSSR count). The number of carbonyl (C=O) groups is 1. The van der Waals surface area contributed by atoms with Gasteiger partial charge in [0.25, 0.3) is 0 Å². The van der Waals surface area contributed by atoms with Crippen molar-refractivity contribution in [1.29, 1.82) is 0 Å². The molecule has 0 aliphatic rings.